The van der Waals surface area contributed by atoms with Crippen molar-refractivity contribution in [3.63, 3.8) is 0 Å². The van der Waals surface area contributed by atoms with Gasteiger partial charge in [0.05, 0.1) is 29.6 Å². The second-order valence-electron chi connectivity index (χ2n) is 7.79. The van der Waals surface area contributed by atoms with Gasteiger partial charge in [-0.15, -0.1) is 0 Å². The summed E-state index contributed by atoms with van der Waals surface area (Å²) >= 11 is 0. The molecule has 1 N–H and O–H groups in total. The van der Waals surface area contributed by atoms with Crippen molar-refractivity contribution in [2.75, 3.05) is 26.2 Å². The van der Waals surface area contributed by atoms with E-state index in [1.54, 1.807) is 23.7 Å². The van der Waals surface area contributed by atoms with Crippen LogP contribution in [0.25, 0.3) is 22.3 Å². The Hall–Kier alpha value is -3.45. The lowest BCUT2D eigenvalue weighted by molar-refractivity contribution is -0.138. The van der Waals surface area contributed by atoms with Crippen LogP contribution in [0.5, 0.6) is 0 Å². The number of halogens is 3. The van der Waals surface area contributed by atoms with Gasteiger partial charge in [0.2, 0.25) is 5.91 Å². The van der Waals surface area contributed by atoms with E-state index in [2.05, 4.69) is 15.3 Å². The van der Waals surface area contributed by atoms with Crippen LogP contribution in [-0.4, -0.2) is 51.5 Å². The summed E-state index contributed by atoms with van der Waals surface area (Å²) in [5, 5.41) is 12.1. The largest absolute Gasteiger partial charge is 0.416 e. The van der Waals surface area contributed by atoms with Crippen molar-refractivity contribution in [1.29, 1.82) is 5.26 Å². The van der Waals surface area contributed by atoms with E-state index in [0.29, 0.717) is 37.1 Å². The molecule has 0 bridgehead atoms. The molecule has 0 saturated carbocycles. The van der Waals surface area contributed by atoms with E-state index in [-0.39, 0.29) is 41.4 Å². The van der Waals surface area contributed by atoms with Crippen LogP contribution < -0.4 is 5.32 Å². The SMILES string of the molecule is Cn1cnc2c(C#N)nc(-c3ccc(CCCN4CCNC(=O)C4)c(C(F)(F)F)c3)cc21. The highest BCUT2D eigenvalue weighted by molar-refractivity contribution is 5.84. The van der Waals surface area contributed by atoms with Crippen LogP contribution in [0, 0.1) is 11.3 Å². The molecule has 0 radical (unpaired) electrons. The number of aromatic nitrogens is 3. The van der Waals surface area contributed by atoms with Crippen LogP contribution >= 0.6 is 0 Å². The van der Waals surface area contributed by atoms with Gasteiger partial charge in [0.15, 0.2) is 5.69 Å². The Morgan fingerprint density at radius 3 is 2.81 bits per heavy atom. The number of nitriles is 1. The number of fused-ring (bicyclic) bond motifs is 1. The van der Waals surface area contributed by atoms with Gasteiger partial charge >= 0.3 is 6.18 Å². The second-order valence-corrected chi connectivity index (χ2v) is 7.79. The van der Waals surface area contributed by atoms with Gasteiger partial charge in [-0.25, -0.2) is 9.97 Å². The third-order valence-electron chi connectivity index (χ3n) is 5.57. The molecule has 3 heterocycles. The van der Waals surface area contributed by atoms with Crippen molar-refractivity contribution in [3.8, 4) is 17.3 Å². The first kappa shape index (κ1) is 21.8. The minimum Gasteiger partial charge on any atom is -0.354 e. The van der Waals surface area contributed by atoms with Crippen LogP contribution in [0.2, 0.25) is 0 Å². The van der Waals surface area contributed by atoms with E-state index >= 15 is 0 Å². The maximum Gasteiger partial charge on any atom is 0.416 e. The van der Waals surface area contributed by atoms with Gasteiger partial charge in [-0.2, -0.15) is 18.4 Å². The molecule has 4 rings (SSSR count). The zero-order valence-electron chi connectivity index (χ0n) is 17.4. The fraction of sp³-hybridized carbons (Fsp3) is 0.364. The summed E-state index contributed by atoms with van der Waals surface area (Å²) < 4.78 is 43.2. The topological polar surface area (TPSA) is 86.8 Å². The fourth-order valence-corrected chi connectivity index (χ4v) is 3.95. The Morgan fingerprint density at radius 1 is 1.28 bits per heavy atom. The van der Waals surface area contributed by atoms with Crippen molar-refractivity contribution >= 4 is 16.9 Å². The molecule has 1 aromatic carbocycles. The molecule has 3 aromatic rings. The number of aryl methyl sites for hydroxylation is 2. The molecule has 166 valence electrons. The number of alkyl halides is 3. The lowest BCUT2D eigenvalue weighted by Crippen LogP contribution is -2.47. The van der Waals surface area contributed by atoms with Crippen LogP contribution in [0.1, 0.15) is 23.2 Å². The first-order chi connectivity index (χ1) is 15.3. The minimum atomic E-state index is -4.52. The van der Waals surface area contributed by atoms with Crippen LogP contribution in [0.4, 0.5) is 13.2 Å². The van der Waals surface area contributed by atoms with E-state index in [1.165, 1.54) is 12.4 Å². The third-order valence-corrected chi connectivity index (χ3v) is 5.57. The van der Waals surface area contributed by atoms with E-state index in [0.717, 1.165) is 6.07 Å². The number of rotatable bonds is 5. The number of benzene rings is 1. The molecule has 10 heteroatoms. The Balaban J connectivity index is 1.62. The minimum absolute atomic E-state index is 0.0637. The average Bonchev–Trinajstić information content (AvgIpc) is 3.13. The zero-order valence-corrected chi connectivity index (χ0v) is 17.4. The van der Waals surface area contributed by atoms with Crippen molar-refractivity contribution in [3.05, 3.63) is 47.4 Å². The number of nitrogens with zero attached hydrogens (tertiary/aromatic N) is 5. The maximum atomic E-state index is 13.8. The second kappa shape index (κ2) is 8.59. The number of hydrogen-bond acceptors (Lipinski definition) is 5. The van der Waals surface area contributed by atoms with Crippen molar-refractivity contribution < 1.29 is 18.0 Å². The molecule has 0 spiro atoms. The Labute approximate surface area is 182 Å². The van der Waals surface area contributed by atoms with E-state index in [9.17, 15) is 23.2 Å². The number of carbonyl (C=O) groups is 1. The van der Waals surface area contributed by atoms with Gasteiger partial charge in [-0.1, -0.05) is 12.1 Å². The van der Waals surface area contributed by atoms with E-state index in [4.69, 9.17) is 0 Å². The molecular weight excluding hydrogens is 421 g/mol. The summed E-state index contributed by atoms with van der Waals surface area (Å²) in [7, 11) is 1.75. The van der Waals surface area contributed by atoms with Gasteiger partial charge in [-0.3, -0.25) is 9.69 Å². The fourth-order valence-electron chi connectivity index (χ4n) is 3.95. The molecule has 1 aliphatic heterocycles. The molecule has 32 heavy (non-hydrogen) atoms. The highest BCUT2D eigenvalue weighted by Gasteiger charge is 2.33. The van der Waals surface area contributed by atoms with Gasteiger partial charge in [-0.05, 0) is 37.1 Å². The molecule has 2 aromatic heterocycles. The summed E-state index contributed by atoms with van der Waals surface area (Å²) in [6.45, 7) is 2.07. The van der Waals surface area contributed by atoms with Gasteiger partial charge in [0.1, 0.15) is 11.6 Å². The van der Waals surface area contributed by atoms with Crippen molar-refractivity contribution in [1.82, 2.24) is 24.8 Å². The van der Waals surface area contributed by atoms with Crippen LogP contribution in [0.15, 0.2) is 30.6 Å². The lowest BCUT2D eigenvalue weighted by Gasteiger charge is -2.26. The average molecular weight is 442 g/mol. The number of imidazole rings is 1. The summed E-state index contributed by atoms with van der Waals surface area (Å²) in [5.74, 6) is -0.0637. The number of piperazine rings is 1. The number of hydrogen-bond donors (Lipinski definition) is 1. The molecule has 0 unspecified atom stereocenters. The van der Waals surface area contributed by atoms with Gasteiger partial charge in [0, 0.05) is 25.7 Å². The highest BCUT2D eigenvalue weighted by atomic mass is 19.4. The number of pyridine rings is 1. The maximum absolute atomic E-state index is 13.8. The monoisotopic (exact) mass is 442 g/mol. The standard InChI is InChI=1S/C22H21F3N6O/c1-30-13-28-21-18(11-26)29-17(10-19(21)30)15-5-4-14(16(9-15)22(23,24)25)3-2-7-31-8-6-27-20(32)12-31/h4-5,9-10,13H,2-3,6-8,12H2,1H3,(H,27,32). The van der Waals surface area contributed by atoms with E-state index in [1.807, 2.05) is 11.0 Å². The predicted molar refractivity (Wildman–Crippen MR) is 111 cm³/mol. The first-order valence-corrected chi connectivity index (χ1v) is 10.2. The number of amides is 1. The summed E-state index contributed by atoms with van der Waals surface area (Å²) in [6.07, 6.45) is -2.24. The Kier molecular flexibility index (Phi) is 5.84. The predicted octanol–water partition coefficient (Wildman–Crippen LogP) is 2.89. The summed E-state index contributed by atoms with van der Waals surface area (Å²) in [4.78, 5) is 21.8. The van der Waals surface area contributed by atoms with Crippen LogP contribution in [-0.2, 0) is 24.4 Å². The quantitative estimate of drug-likeness (QED) is 0.657. The summed E-state index contributed by atoms with van der Waals surface area (Å²) in [5.41, 5.74) is 1.16. The molecule has 1 aliphatic rings. The molecule has 1 amide bonds. The van der Waals surface area contributed by atoms with Crippen LogP contribution in [0.3, 0.4) is 0 Å². The zero-order chi connectivity index (χ0) is 22.9. The lowest BCUT2D eigenvalue weighted by atomic mass is 9.97. The smallest absolute Gasteiger partial charge is 0.354 e. The summed E-state index contributed by atoms with van der Waals surface area (Å²) in [6, 6.07) is 7.78. The molecule has 1 fully saturated rings. The van der Waals surface area contributed by atoms with Crippen molar-refractivity contribution in [2.24, 2.45) is 7.05 Å². The first-order valence-electron chi connectivity index (χ1n) is 10.2. The van der Waals surface area contributed by atoms with Crippen molar-refractivity contribution in [2.45, 2.75) is 19.0 Å². The molecule has 1 saturated heterocycles. The molecule has 7 nitrogen and oxygen atoms in total. The molecule has 0 aliphatic carbocycles. The number of carbonyl (C=O) groups excluding carboxylic acids is 1. The number of nitrogens with one attached hydrogen (secondary N) is 1. The van der Waals surface area contributed by atoms with Gasteiger partial charge in [0.25, 0.3) is 0 Å². The molecule has 0 atom stereocenters. The van der Waals surface area contributed by atoms with Gasteiger partial charge < -0.3 is 9.88 Å². The molecular formula is C22H21F3N6O. The highest BCUT2D eigenvalue weighted by Crippen LogP contribution is 2.36. The Bertz CT molecular complexity index is 1210. The Morgan fingerprint density at radius 2 is 2.09 bits per heavy atom. The van der Waals surface area contributed by atoms with E-state index < -0.39 is 11.7 Å². The third kappa shape index (κ3) is 4.43. The normalized spacial score (nSPS) is 15.0.